The van der Waals surface area contributed by atoms with Gasteiger partial charge in [-0.05, 0) is 0 Å². The average Bonchev–Trinajstić information content (AvgIpc) is 3.17. The third-order valence-corrected chi connectivity index (χ3v) is 12.5. The molecule has 16 N–H and O–H groups in total. The van der Waals surface area contributed by atoms with Crippen LogP contribution in [0.25, 0.3) is 0 Å². The van der Waals surface area contributed by atoms with E-state index in [1.807, 2.05) is 0 Å². The predicted octanol–water partition coefficient (Wildman–Crippen LogP) is -11.5. The summed E-state index contributed by atoms with van der Waals surface area (Å²) in [6.07, 6.45) is -50.4. The van der Waals surface area contributed by atoms with Gasteiger partial charge in [0.05, 0.1) is 13.2 Å². The number of nitrogens with one attached hydrogen (secondary N) is 2. The number of aliphatic hydroxyl groups excluding tert-OH is 6. The molecule has 0 spiro atoms. The number of carbonyl (C=O) groups is 2. The maximum atomic E-state index is 12.7. The van der Waals surface area contributed by atoms with Gasteiger partial charge in [-0.2, -0.15) is 60.0 Å². The molecule has 4 fully saturated rings. The van der Waals surface area contributed by atoms with Gasteiger partial charge < -0.3 is 74.0 Å². The normalized spacial score (nSPS) is 39.2. The third-order valence-electron chi connectivity index (χ3n) is 9.59. The lowest BCUT2D eigenvalue weighted by molar-refractivity contribution is -0.366. The Morgan fingerprint density at radius 1 is 0.423 bits per heavy atom. The number of rotatable bonds is 22. The lowest BCUT2D eigenvalue weighted by Crippen LogP contribution is -2.70. The van der Waals surface area contributed by atoms with E-state index in [-0.39, 0.29) is 0 Å². The Labute approximate surface area is 396 Å². The fourth-order valence-corrected chi connectivity index (χ4v) is 9.63. The summed E-state index contributed by atoms with van der Waals surface area (Å²) in [4.78, 5) is 24.7. The molecular weight excluding hydrogens is 1130 g/mol. The molecule has 4 aliphatic rings. The van der Waals surface area contributed by atoms with E-state index in [1.54, 1.807) is 0 Å². The van der Waals surface area contributed by atoms with Crippen molar-refractivity contribution in [2.45, 2.75) is 123 Å². The molecule has 41 nitrogen and oxygen atoms in total. The molecule has 0 aromatic heterocycles. The van der Waals surface area contributed by atoms with Gasteiger partial charge in [0.1, 0.15) is 73.1 Å². The summed E-state index contributed by atoms with van der Waals surface area (Å²) in [6, 6.07) is -5.40. The molecule has 47 heteroatoms. The van der Waals surface area contributed by atoms with Gasteiger partial charge in [-0.1, -0.05) is 0 Å². The highest BCUT2D eigenvalue weighted by Crippen LogP contribution is 2.36. The zero-order valence-electron chi connectivity index (χ0n) is 33.9. The molecule has 4 rings (SSSR count). The summed E-state index contributed by atoms with van der Waals surface area (Å²) in [6.45, 7) is -3.26. The average molecular weight is 1170 g/mol. The zero-order valence-corrected chi connectivity index (χ0v) is 38.8. The number of hydrogen-bond acceptors (Lipinski definition) is 31. The molecule has 0 bridgehead atoms. The minimum absolute atomic E-state index is 1.22. The molecule has 4 saturated heterocycles. The standard InChI is InChI=1S/C24H40N2O39S6/c27-7-3(1-55-68(43,44)45)57-22(5(8(7)28)25-66(37,38)39)62-14-11(31)16(65-71(52,53)54)24(63-18(14)20(34)35)60-12-4(2-56-69(46,47)48)58-23(6(9(12)29)26-67(40,41)42)61-13-10(30)15(64-70(49,50)51)21(36)59-17(13)19(32)33/h3-18,21-31,36H,1-2H2,(H,32,33)(H,34,35)(H,37,38,39)(H,40,41,42)(H,43,44,45)(H,46,47,48)(H,49,50,51)(H,52,53,54)/t3-,4-,5-,6-,7-,8-,9-,10+,11+,12-,13+,14+,15-,16-,17-,18-,21-,22-,23-,24-/m1/s1. The zero-order chi connectivity index (χ0) is 54.3. The van der Waals surface area contributed by atoms with E-state index < -0.39 is 210 Å². The van der Waals surface area contributed by atoms with E-state index in [0.29, 0.717) is 0 Å². The summed E-state index contributed by atoms with van der Waals surface area (Å²) in [7, 11) is -34.2. The van der Waals surface area contributed by atoms with Crippen LogP contribution >= 0.6 is 0 Å². The predicted molar refractivity (Wildman–Crippen MR) is 202 cm³/mol. The first kappa shape index (κ1) is 61.2. The van der Waals surface area contributed by atoms with Crippen LogP contribution in [0.3, 0.4) is 0 Å². The Hall–Kier alpha value is -2.36. The van der Waals surface area contributed by atoms with Gasteiger partial charge in [-0.15, -0.1) is 0 Å². The number of hydrogen-bond donors (Lipinski definition) is 16. The van der Waals surface area contributed by atoms with Gasteiger partial charge in [-0.25, -0.2) is 26.3 Å². The Morgan fingerprint density at radius 3 is 1.23 bits per heavy atom. The first-order valence-corrected chi connectivity index (χ1v) is 26.6. The van der Waals surface area contributed by atoms with Gasteiger partial charge in [0.25, 0.3) is 0 Å². The SMILES string of the molecule is O=C(O)[C@@H]1O[C@@H](O)[C@H](OS(=O)(=O)O)[C@@H](O)[C@@H]1O[C@H]1O[C@H](COS(=O)(=O)O)[C@@H](O[C@@H]2O[C@@H](C(=O)O)[C@@H](O[C@H]3O[C@H](COS(=O)(=O)O)[C@@H](O)[C@H](O)[C@H]3NS(=O)(=O)O)[C@H](O)[C@H]2OS(=O)(=O)O)[C@H](O)[C@H]1NS(=O)(=O)O. The van der Waals surface area contributed by atoms with Crippen LogP contribution in [-0.2, 0) is 122 Å². The fourth-order valence-electron chi connectivity index (χ4n) is 6.85. The highest BCUT2D eigenvalue weighted by molar-refractivity contribution is 7.84. The summed E-state index contributed by atoms with van der Waals surface area (Å²) < 4.78 is 252. The molecule has 0 radical (unpaired) electrons. The van der Waals surface area contributed by atoms with Crippen molar-refractivity contribution in [1.29, 1.82) is 0 Å². The largest absolute Gasteiger partial charge is 0.479 e. The number of carboxylic acid groups (broad SMARTS) is 2. The second-order valence-corrected chi connectivity index (χ2v) is 21.2. The molecule has 4 aliphatic heterocycles. The topological polar surface area (TPSA) is 648 Å². The minimum Gasteiger partial charge on any atom is -0.479 e. The van der Waals surface area contributed by atoms with Gasteiger partial charge in [0, 0.05) is 0 Å². The highest BCUT2D eigenvalue weighted by atomic mass is 32.3. The van der Waals surface area contributed by atoms with Crippen molar-refractivity contribution < 1.29 is 178 Å². The molecule has 0 saturated carbocycles. The molecule has 71 heavy (non-hydrogen) atoms. The first-order valence-electron chi connectivity index (χ1n) is 18.2. The van der Waals surface area contributed by atoms with Crippen LogP contribution in [0.5, 0.6) is 0 Å². The smallest absolute Gasteiger partial charge is 0.397 e. The Bertz CT molecular complexity index is 2580. The number of aliphatic carboxylic acids is 2. The molecule has 0 aromatic carbocycles. The lowest BCUT2D eigenvalue weighted by atomic mass is 9.94. The second kappa shape index (κ2) is 22.9. The summed E-state index contributed by atoms with van der Waals surface area (Å²) in [5.74, 6) is -4.58. The molecule has 0 amide bonds. The molecule has 20 atom stereocenters. The first-order chi connectivity index (χ1) is 32.1. The maximum absolute atomic E-state index is 12.7. The minimum atomic E-state index is -6.05. The van der Waals surface area contributed by atoms with Crippen LogP contribution in [0.4, 0.5) is 0 Å². The van der Waals surface area contributed by atoms with Crippen molar-refractivity contribution in [2.75, 3.05) is 13.2 Å². The number of ether oxygens (including phenoxy) is 7. The van der Waals surface area contributed by atoms with E-state index in [2.05, 4.69) is 21.5 Å². The van der Waals surface area contributed by atoms with E-state index in [9.17, 15) is 119 Å². The van der Waals surface area contributed by atoms with Gasteiger partial charge in [0.2, 0.25) is 0 Å². The molecule has 0 aliphatic carbocycles. The van der Waals surface area contributed by atoms with Crippen LogP contribution in [0.15, 0.2) is 0 Å². The summed E-state index contributed by atoms with van der Waals surface area (Å²) in [5.41, 5.74) is 0. The quantitative estimate of drug-likeness (QED) is 0.0448. The highest BCUT2D eigenvalue weighted by Gasteiger charge is 2.59. The van der Waals surface area contributed by atoms with Crippen molar-refractivity contribution >= 4 is 74.1 Å². The third kappa shape index (κ3) is 17.3. The van der Waals surface area contributed by atoms with E-state index in [1.165, 1.54) is 9.44 Å². The second-order valence-electron chi connectivity index (χ2n) is 14.5. The number of aliphatic hydroxyl groups is 6. The van der Waals surface area contributed by atoms with Gasteiger partial charge in [-0.3, -0.25) is 27.3 Å². The van der Waals surface area contributed by atoms with Gasteiger partial charge in [0.15, 0.2) is 49.6 Å². The van der Waals surface area contributed by atoms with Crippen molar-refractivity contribution in [2.24, 2.45) is 0 Å². The van der Waals surface area contributed by atoms with E-state index in [0.717, 1.165) is 0 Å². The van der Waals surface area contributed by atoms with E-state index >= 15 is 0 Å². The molecule has 0 unspecified atom stereocenters. The van der Waals surface area contributed by atoms with Crippen LogP contribution in [0, 0.1) is 0 Å². The number of carboxylic acids is 2. The van der Waals surface area contributed by atoms with Crippen molar-refractivity contribution in [3.8, 4) is 0 Å². The Balaban J connectivity index is 1.80. The van der Waals surface area contributed by atoms with Crippen molar-refractivity contribution in [3.05, 3.63) is 0 Å². The Kier molecular flexibility index (Phi) is 19.7. The maximum Gasteiger partial charge on any atom is 0.397 e. The summed E-state index contributed by atoms with van der Waals surface area (Å²) >= 11 is 0. The Morgan fingerprint density at radius 2 is 0.803 bits per heavy atom. The van der Waals surface area contributed by atoms with E-state index in [4.69, 9.17) is 37.5 Å². The molecule has 4 heterocycles. The van der Waals surface area contributed by atoms with Crippen LogP contribution in [-0.4, -0.2) is 267 Å². The fraction of sp³-hybridized carbons (Fsp3) is 0.917. The molecule has 416 valence electrons. The van der Waals surface area contributed by atoms with Gasteiger partial charge >= 0.3 is 74.1 Å². The molecule has 0 aromatic rings. The van der Waals surface area contributed by atoms with Crippen LogP contribution in [0.2, 0.25) is 0 Å². The van der Waals surface area contributed by atoms with Crippen molar-refractivity contribution in [3.63, 3.8) is 0 Å². The van der Waals surface area contributed by atoms with Crippen molar-refractivity contribution in [1.82, 2.24) is 9.44 Å². The summed E-state index contributed by atoms with van der Waals surface area (Å²) in [5, 5.41) is 85.0. The van der Waals surface area contributed by atoms with Crippen LogP contribution in [0.1, 0.15) is 0 Å². The monoisotopic (exact) mass is 1170 g/mol. The van der Waals surface area contributed by atoms with Crippen LogP contribution < -0.4 is 9.44 Å². The lowest BCUT2D eigenvalue weighted by Gasteiger charge is -2.49. The molecular formula is C24H40N2O39S6.